The Labute approximate surface area is 149 Å². The third kappa shape index (κ3) is 4.83. The molecule has 4 unspecified atom stereocenters. The molecule has 2 N–H and O–H groups in total. The van der Waals surface area contributed by atoms with Crippen molar-refractivity contribution in [2.45, 2.75) is 44.4 Å². The maximum Gasteiger partial charge on any atom is 0.315 e. The first-order valence-corrected chi connectivity index (χ1v) is 9.11. The minimum absolute atomic E-state index is 0.0521. The van der Waals surface area contributed by atoms with Gasteiger partial charge < -0.3 is 20.1 Å². The van der Waals surface area contributed by atoms with E-state index < -0.39 is 0 Å². The summed E-state index contributed by atoms with van der Waals surface area (Å²) in [4.78, 5) is 12.3. The van der Waals surface area contributed by atoms with Gasteiger partial charge in [-0.2, -0.15) is 0 Å². The number of ether oxygens (including phenoxy) is 2. The predicted molar refractivity (Wildman–Crippen MR) is 97.4 cm³/mol. The van der Waals surface area contributed by atoms with Crippen LogP contribution in [0.5, 0.6) is 0 Å². The molecular weight excluding hydrogens is 316 g/mol. The Morgan fingerprint density at radius 2 is 1.96 bits per heavy atom. The Morgan fingerprint density at radius 1 is 1.20 bits per heavy atom. The van der Waals surface area contributed by atoms with Crippen LogP contribution in [0.25, 0.3) is 0 Å². The maximum atomic E-state index is 12.3. The van der Waals surface area contributed by atoms with Crippen LogP contribution < -0.4 is 10.6 Å². The van der Waals surface area contributed by atoms with Crippen molar-refractivity contribution in [3.05, 3.63) is 48.0 Å². The van der Waals surface area contributed by atoms with Gasteiger partial charge in [0.15, 0.2) is 0 Å². The molecule has 0 aromatic heterocycles. The van der Waals surface area contributed by atoms with Crippen molar-refractivity contribution in [2.24, 2.45) is 5.92 Å². The molecule has 4 atom stereocenters. The van der Waals surface area contributed by atoms with Gasteiger partial charge >= 0.3 is 6.03 Å². The van der Waals surface area contributed by atoms with Gasteiger partial charge in [-0.05, 0) is 31.7 Å². The van der Waals surface area contributed by atoms with Gasteiger partial charge in [-0.1, -0.05) is 42.5 Å². The van der Waals surface area contributed by atoms with Gasteiger partial charge in [-0.25, -0.2) is 4.79 Å². The Morgan fingerprint density at radius 3 is 2.72 bits per heavy atom. The summed E-state index contributed by atoms with van der Waals surface area (Å²) in [5.74, 6) is 0.315. The summed E-state index contributed by atoms with van der Waals surface area (Å²) in [6.45, 7) is 7.98. The zero-order valence-corrected chi connectivity index (χ0v) is 14.9. The van der Waals surface area contributed by atoms with Crippen LogP contribution in [0.4, 0.5) is 4.79 Å². The van der Waals surface area contributed by atoms with Crippen LogP contribution in [0.3, 0.4) is 0 Å². The Bertz CT molecular complexity index is 590. The topological polar surface area (TPSA) is 59.6 Å². The smallest absolute Gasteiger partial charge is 0.315 e. The minimum atomic E-state index is -0.105. The standard InChI is InChI=1S/C20H28N2O3/c1-14(2)19-16(8-10-25-19)13-21-20(23)22-17-9-11-24-18(12-17)15-6-4-3-5-7-15/h3-7,16-19H,1,8-13H2,2H3,(H2,21,22,23). The summed E-state index contributed by atoms with van der Waals surface area (Å²) in [6, 6.07) is 10.2. The average molecular weight is 344 g/mol. The molecule has 2 aliphatic rings. The monoisotopic (exact) mass is 344 g/mol. The lowest BCUT2D eigenvalue weighted by molar-refractivity contribution is 0.00224. The molecule has 2 fully saturated rings. The van der Waals surface area contributed by atoms with Gasteiger partial charge in [-0.15, -0.1) is 0 Å². The fourth-order valence-electron chi connectivity index (χ4n) is 3.68. The summed E-state index contributed by atoms with van der Waals surface area (Å²) in [5.41, 5.74) is 2.20. The normalized spacial score (nSPS) is 29.2. The molecule has 3 rings (SSSR count). The number of urea groups is 1. The van der Waals surface area contributed by atoms with Crippen molar-refractivity contribution >= 4 is 6.03 Å². The quantitative estimate of drug-likeness (QED) is 0.807. The molecular formula is C20H28N2O3. The van der Waals surface area contributed by atoms with E-state index >= 15 is 0 Å². The molecule has 0 bridgehead atoms. The summed E-state index contributed by atoms with van der Waals surface area (Å²) < 4.78 is 11.5. The molecule has 0 spiro atoms. The fourth-order valence-corrected chi connectivity index (χ4v) is 3.68. The Kier molecular flexibility index (Phi) is 6.10. The molecule has 1 aromatic rings. The van der Waals surface area contributed by atoms with E-state index in [9.17, 15) is 4.79 Å². The second kappa shape index (κ2) is 8.50. The van der Waals surface area contributed by atoms with Crippen molar-refractivity contribution in [3.63, 3.8) is 0 Å². The van der Waals surface area contributed by atoms with Gasteiger partial charge in [0, 0.05) is 31.7 Å². The van der Waals surface area contributed by atoms with Crippen LogP contribution in [-0.4, -0.2) is 37.9 Å². The molecule has 136 valence electrons. The molecule has 1 aromatic carbocycles. The minimum Gasteiger partial charge on any atom is -0.374 e. The molecule has 5 nitrogen and oxygen atoms in total. The lowest BCUT2D eigenvalue weighted by Gasteiger charge is -2.30. The van der Waals surface area contributed by atoms with Crippen LogP contribution in [0.2, 0.25) is 0 Å². The van der Waals surface area contributed by atoms with Crippen molar-refractivity contribution in [1.82, 2.24) is 10.6 Å². The van der Waals surface area contributed by atoms with E-state index in [4.69, 9.17) is 9.47 Å². The molecule has 2 saturated heterocycles. The second-order valence-corrected chi connectivity index (χ2v) is 7.03. The molecule has 0 aliphatic carbocycles. The number of benzene rings is 1. The Balaban J connectivity index is 1.45. The summed E-state index contributed by atoms with van der Waals surface area (Å²) >= 11 is 0. The maximum absolute atomic E-state index is 12.3. The van der Waals surface area contributed by atoms with E-state index in [1.807, 2.05) is 25.1 Å². The molecule has 2 amide bonds. The zero-order chi connectivity index (χ0) is 17.6. The van der Waals surface area contributed by atoms with Gasteiger partial charge in [0.2, 0.25) is 0 Å². The summed E-state index contributed by atoms with van der Waals surface area (Å²) in [7, 11) is 0. The van der Waals surface area contributed by atoms with Gasteiger partial charge in [0.25, 0.3) is 0 Å². The molecule has 2 aliphatic heterocycles. The number of hydrogen-bond donors (Lipinski definition) is 2. The van der Waals surface area contributed by atoms with Gasteiger partial charge in [0.05, 0.1) is 12.2 Å². The molecule has 25 heavy (non-hydrogen) atoms. The van der Waals surface area contributed by atoms with Crippen LogP contribution in [0.15, 0.2) is 42.5 Å². The third-order valence-electron chi connectivity index (χ3n) is 5.02. The van der Waals surface area contributed by atoms with Crippen molar-refractivity contribution in [2.75, 3.05) is 19.8 Å². The van der Waals surface area contributed by atoms with Crippen molar-refractivity contribution in [3.8, 4) is 0 Å². The molecule has 2 heterocycles. The highest BCUT2D eigenvalue weighted by Crippen LogP contribution is 2.28. The zero-order valence-electron chi connectivity index (χ0n) is 14.9. The first-order valence-electron chi connectivity index (χ1n) is 9.11. The van der Waals surface area contributed by atoms with Gasteiger partial charge in [0.1, 0.15) is 0 Å². The van der Waals surface area contributed by atoms with Gasteiger partial charge in [-0.3, -0.25) is 0 Å². The van der Waals surface area contributed by atoms with E-state index in [-0.39, 0.29) is 24.3 Å². The average Bonchev–Trinajstić information content (AvgIpc) is 3.10. The number of hydrogen-bond acceptors (Lipinski definition) is 3. The lowest BCUT2D eigenvalue weighted by atomic mass is 9.97. The highest BCUT2D eigenvalue weighted by Gasteiger charge is 2.29. The highest BCUT2D eigenvalue weighted by atomic mass is 16.5. The van der Waals surface area contributed by atoms with Crippen LogP contribution in [0.1, 0.15) is 37.9 Å². The number of carbonyl (C=O) groups excluding carboxylic acids is 1. The first kappa shape index (κ1) is 18.0. The Hall–Kier alpha value is -1.85. The lowest BCUT2D eigenvalue weighted by Crippen LogP contribution is -2.46. The van der Waals surface area contributed by atoms with Crippen LogP contribution >= 0.6 is 0 Å². The third-order valence-corrected chi connectivity index (χ3v) is 5.02. The molecule has 0 radical (unpaired) electrons. The molecule has 5 heteroatoms. The van der Waals surface area contributed by atoms with Crippen molar-refractivity contribution < 1.29 is 14.3 Å². The van der Waals surface area contributed by atoms with Crippen LogP contribution in [-0.2, 0) is 9.47 Å². The first-order chi connectivity index (χ1) is 12.1. The summed E-state index contributed by atoms with van der Waals surface area (Å²) in [5, 5.41) is 6.09. The number of amides is 2. The van der Waals surface area contributed by atoms with E-state index in [1.165, 1.54) is 5.56 Å². The second-order valence-electron chi connectivity index (χ2n) is 7.03. The number of nitrogens with one attached hydrogen (secondary N) is 2. The molecule has 0 saturated carbocycles. The highest BCUT2D eigenvalue weighted by molar-refractivity contribution is 5.74. The fraction of sp³-hybridized carbons (Fsp3) is 0.550. The predicted octanol–water partition coefficient (Wildman–Crippen LogP) is 3.19. The van der Waals surface area contributed by atoms with E-state index in [2.05, 4.69) is 29.3 Å². The summed E-state index contributed by atoms with van der Waals surface area (Å²) in [6.07, 6.45) is 2.73. The number of carbonyl (C=O) groups is 1. The van der Waals surface area contributed by atoms with Crippen LogP contribution in [0, 0.1) is 5.92 Å². The largest absolute Gasteiger partial charge is 0.374 e. The van der Waals surface area contributed by atoms with Crippen molar-refractivity contribution in [1.29, 1.82) is 0 Å². The van der Waals surface area contributed by atoms with E-state index in [0.29, 0.717) is 19.1 Å². The van der Waals surface area contributed by atoms with E-state index in [1.54, 1.807) is 0 Å². The SMILES string of the molecule is C=C(C)C1OCCC1CNC(=O)NC1CCOC(c2ccccc2)C1. The number of rotatable bonds is 5. The van der Waals surface area contributed by atoms with E-state index in [0.717, 1.165) is 31.4 Å².